The standard InChI is InChI=1S/C14H20O4/c1-14(2,3)7-8-18-12-9-10(17-4)5-6-11(12)13(15)16/h5-6,9H,7-8H2,1-4H3,(H,15,16). The molecule has 0 spiro atoms. The summed E-state index contributed by atoms with van der Waals surface area (Å²) in [6, 6.07) is 4.71. The molecular weight excluding hydrogens is 232 g/mol. The van der Waals surface area contributed by atoms with Crippen molar-refractivity contribution in [2.45, 2.75) is 27.2 Å². The summed E-state index contributed by atoms with van der Waals surface area (Å²) in [6.45, 7) is 6.82. The lowest BCUT2D eigenvalue weighted by atomic mass is 9.93. The third-order valence-electron chi connectivity index (χ3n) is 2.53. The van der Waals surface area contributed by atoms with Gasteiger partial charge in [0.1, 0.15) is 17.1 Å². The Hall–Kier alpha value is -1.71. The molecule has 0 unspecified atom stereocenters. The third kappa shape index (κ3) is 4.28. The molecule has 0 aliphatic carbocycles. The van der Waals surface area contributed by atoms with Crippen LogP contribution in [0.3, 0.4) is 0 Å². The van der Waals surface area contributed by atoms with Crippen LogP contribution in [0, 0.1) is 5.41 Å². The van der Waals surface area contributed by atoms with Crippen LogP contribution in [0.25, 0.3) is 0 Å². The van der Waals surface area contributed by atoms with Gasteiger partial charge in [0.25, 0.3) is 0 Å². The van der Waals surface area contributed by atoms with Crippen molar-refractivity contribution in [2.75, 3.05) is 13.7 Å². The van der Waals surface area contributed by atoms with Crippen molar-refractivity contribution < 1.29 is 19.4 Å². The van der Waals surface area contributed by atoms with Gasteiger partial charge in [-0.3, -0.25) is 0 Å². The highest BCUT2D eigenvalue weighted by atomic mass is 16.5. The number of benzene rings is 1. The van der Waals surface area contributed by atoms with Crippen molar-refractivity contribution in [1.29, 1.82) is 0 Å². The quantitative estimate of drug-likeness (QED) is 0.874. The van der Waals surface area contributed by atoms with Gasteiger partial charge in [-0.25, -0.2) is 4.79 Å². The summed E-state index contributed by atoms with van der Waals surface area (Å²) in [5, 5.41) is 9.07. The minimum atomic E-state index is -0.997. The first kappa shape index (κ1) is 14.4. The summed E-state index contributed by atoms with van der Waals surface area (Å²) in [6.07, 6.45) is 0.850. The molecule has 1 aromatic rings. The summed E-state index contributed by atoms with van der Waals surface area (Å²) in [7, 11) is 1.54. The molecule has 4 heteroatoms. The molecule has 0 radical (unpaired) electrons. The molecule has 4 nitrogen and oxygen atoms in total. The highest BCUT2D eigenvalue weighted by Gasteiger charge is 2.14. The Morgan fingerprint density at radius 2 is 2.00 bits per heavy atom. The monoisotopic (exact) mass is 252 g/mol. The smallest absolute Gasteiger partial charge is 0.339 e. The van der Waals surface area contributed by atoms with Crippen LogP contribution in [0.1, 0.15) is 37.6 Å². The van der Waals surface area contributed by atoms with E-state index in [0.29, 0.717) is 18.1 Å². The maximum atomic E-state index is 11.1. The van der Waals surface area contributed by atoms with E-state index in [-0.39, 0.29) is 11.0 Å². The number of rotatable bonds is 5. The largest absolute Gasteiger partial charge is 0.497 e. The van der Waals surface area contributed by atoms with E-state index in [9.17, 15) is 4.79 Å². The lowest BCUT2D eigenvalue weighted by molar-refractivity contribution is 0.0691. The molecule has 0 aromatic heterocycles. The number of carboxylic acids is 1. The molecule has 0 aliphatic rings. The fraction of sp³-hybridized carbons (Fsp3) is 0.500. The van der Waals surface area contributed by atoms with E-state index in [1.165, 1.54) is 13.2 Å². The van der Waals surface area contributed by atoms with Crippen LogP contribution in [0.4, 0.5) is 0 Å². The van der Waals surface area contributed by atoms with Gasteiger partial charge < -0.3 is 14.6 Å². The zero-order valence-corrected chi connectivity index (χ0v) is 11.3. The number of ether oxygens (including phenoxy) is 2. The van der Waals surface area contributed by atoms with Crippen molar-refractivity contribution in [3.63, 3.8) is 0 Å². The minimum Gasteiger partial charge on any atom is -0.497 e. The zero-order chi connectivity index (χ0) is 13.8. The van der Waals surface area contributed by atoms with E-state index in [1.54, 1.807) is 12.1 Å². The van der Waals surface area contributed by atoms with Crippen LogP contribution in [0.15, 0.2) is 18.2 Å². The predicted molar refractivity (Wildman–Crippen MR) is 69.5 cm³/mol. The highest BCUT2D eigenvalue weighted by Crippen LogP contribution is 2.26. The van der Waals surface area contributed by atoms with Crippen LogP contribution >= 0.6 is 0 Å². The van der Waals surface area contributed by atoms with Gasteiger partial charge in [-0.2, -0.15) is 0 Å². The topological polar surface area (TPSA) is 55.8 Å². The van der Waals surface area contributed by atoms with Gasteiger partial charge in [0.05, 0.1) is 13.7 Å². The van der Waals surface area contributed by atoms with Gasteiger partial charge in [0, 0.05) is 6.07 Å². The average Bonchev–Trinajstić information content (AvgIpc) is 2.26. The van der Waals surface area contributed by atoms with E-state index in [4.69, 9.17) is 14.6 Å². The summed E-state index contributed by atoms with van der Waals surface area (Å²) >= 11 is 0. The number of carbonyl (C=O) groups is 1. The highest BCUT2D eigenvalue weighted by molar-refractivity contribution is 5.91. The number of hydrogen-bond donors (Lipinski definition) is 1. The zero-order valence-electron chi connectivity index (χ0n) is 11.3. The number of methoxy groups -OCH3 is 1. The van der Waals surface area contributed by atoms with Crippen LogP contribution in [-0.2, 0) is 0 Å². The van der Waals surface area contributed by atoms with Crippen molar-refractivity contribution in [3.05, 3.63) is 23.8 Å². The van der Waals surface area contributed by atoms with E-state index in [2.05, 4.69) is 20.8 Å². The average molecular weight is 252 g/mol. The summed E-state index contributed by atoms with van der Waals surface area (Å²) in [5.41, 5.74) is 0.312. The Kier molecular flexibility index (Phi) is 4.59. The Morgan fingerprint density at radius 3 is 2.50 bits per heavy atom. The summed E-state index contributed by atoms with van der Waals surface area (Å²) in [5.74, 6) is -0.0553. The van der Waals surface area contributed by atoms with Gasteiger partial charge in [0.15, 0.2) is 0 Å². The second-order valence-corrected chi connectivity index (χ2v) is 5.33. The maximum absolute atomic E-state index is 11.1. The van der Waals surface area contributed by atoms with Crippen molar-refractivity contribution >= 4 is 5.97 Å². The third-order valence-corrected chi connectivity index (χ3v) is 2.53. The van der Waals surface area contributed by atoms with Gasteiger partial charge in [-0.15, -0.1) is 0 Å². The van der Waals surface area contributed by atoms with Gasteiger partial charge >= 0.3 is 5.97 Å². The van der Waals surface area contributed by atoms with Crippen molar-refractivity contribution in [3.8, 4) is 11.5 Å². The van der Waals surface area contributed by atoms with Crippen molar-refractivity contribution in [1.82, 2.24) is 0 Å². The minimum absolute atomic E-state index is 0.155. The number of aromatic carboxylic acids is 1. The van der Waals surface area contributed by atoms with E-state index >= 15 is 0 Å². The molecule has 0 saturated heterocycles. The Bertz CT molecular complexity index is 418. The van der Waals surface area contributed by atoms with E-state index in [0.717, 1.165) is 6.42 Å². The van der Waals surface area contributed by atoms with Gasteiger partial charge in [-0.05, 0) is 24.0 Å². The van der Waals surface area contributed by atoms with E-state index in [1.807, 2.05) is 0 Å². The molecule has 0 amide bonds. The predicted octanol–water partition coefficient (Wildman–Crippen LogP) is 3.21. The Morgan fingerprint density at radius 1 is 1.33 bits per heavy atom. The number of hydrogen-bond acceptors (Lipinski definition) is 3. The molecule has 18 heavy (non-hydrogen) atoms. The van der Waals surface area contributed by atoms with Gasteiger partial charge in [0.2, 0.25) is 0 Å². The Balaban J connectivity index is 2.81. The van der Waals surface area contributed by atoms with E-state index < -0.39 is 5.97 Å². The molecule has 0 atom stereocenters. The normalized spacial score (nSPS) is 11.1. The molecule has 0 saturated carbocycles. The molecule has 0 aliphatic heterocycles. The van der Waals surface area contributed by atoms with Crippen LogP contribution in [0.2, 0.25) is 0 Å². The van der Waals surface area contributed by atoms with Crippen LogP contribution in [0.5, 0.6) is 11.5 Å². The maximum Gasteiger partial charge on any atom is 0.339 e. The molecule has 1 rings (SSSR count). The molecule has 0 fully saturated rings. The van der Waals surface area contributed by atoms with Crippen LogP contribution in [-0.4, -0.2) is 24.8 Å². The SMILES string of the molecule is COc1ccc(C(=O)O)c(OCCC(C)(C)C)c1. The molecule has 100 valence electrons. The Labute approximate surface area is 108 Å². The fourth-order valence-corrected chi connectivity index (χ4v) is 1.39. The number of carboxylic acid groups (broad SMARTS) is 1. The van der Waals surface area contributed by atoms with Gasteiger partial charge in [-0.1, -0.05) is 20.8 Å². The first-order valence-electron chi connectivity index (χ1n) is 5.87. The molecular formula is C14H20O4. The second kappa shape index (κ2) is 5.76. The molecule has 0 bridgehead atoms. The summed E-state index contributed by atoms with van der Waals surface area (Å²) in [4.78, 5) is 11.1. The molecule has 1 N–H and O–H groups in total. The first-order chi connectivity index (χ1) is 8.33. The summed E-state index contributed by atoms with van der Waals surface area (Å²) < 4.78 is 10.6. The fourth-order valence-electron chi connectivity index (χ4n) is 1.39. The molecule has 1 aromatic carbocycles. The second-order valence-electron chi connectivity index (χ2n) is 5.33. The lowest BCUT2D eigenvalue weighted by Crippen LogP contribution is -2.12. The van der Waals surface area contributed by atoms with Crippen molar-refractivity contribution in [2.24, 2.45) is 5.41 Å². The first-order valence-corrected chi connectivity index (χ1v) is 5.87. The lowest BCUT2D eigenvalue weighted by Gasteiger charge is -2.18. The molecule has 0 heterocycles. The van der Waals surface area contributed by atoms with Crippen LogP contribution < -0.4 is 9.47 Å².